The summed E-state index contributed by atoms with van der Waals surface area (Å²) in [5, 5.41) is 22.5. The number of amides is 1. The maximum absolute atomic E-state index is 14.1. The minimum atomic E-state index is -5.17. The number of nitrogens with zero attached hydrogens (tertiary/aromatic N) is 7. The molecule has 1 N–H and O–H groups in total. The molecule has 0 radical (unpaired) electrons. The van der Waals surface area contributed by atoms with Crippen molar-refractivity contribution in [2.45, 2.75) is 12.7 Å². The van der Waals surface area contributed by atoms with Crippen molar-refractivity contribution >= 4 is 47.0 Å². The molecule has 37 heavy (non-hydrogen) atoms. The van der Waals surface area contributed by atoms with Crippen molar-refractivity contribution in [1.82, 2.24) is 29.8 Å². The summed E-state index contributed by atoms with van der Waals surface area (Å²) >= 11 is 11.5. The van der Waals surface area contributed by atoms with Crippen molar-refractivity contribution in [3.05, 3.63) is 76.1 Å². The van der Waals surface area contributed by atoms with Gasteiger partial charge >= 0.3 is 6.18 Å². The van der Waals surface area contributed by atoms with Crippen LogP contribution in [0.3, 0.4) is 0 Å². The Hall–Kier alpha value is -3.79. The quantitative estimate of drug-likeness (QED) is 0.271. The Morgan fingerprint density at radius 2 is 1.95 bits per heavy atom. The lowest BCUT2D eigenvalue weighted by Gasteiger charge is -2.14. The molecule has 0 aliphatic carbocycles. The Balaban J connectivity index is 1.77. The van der Waals surface area contributed by atoms with Gasteiger partial charge in [-0.1, -0.05) is 35.0 Å². The SMILES string of the molecule is N#Cc1cc(NC(=O)c2c([PH](=O)Cl)nn(Cc3cccc(F)c3Cl)c2C(F)(F)F)cnc1-n1nccn1. The number of nitriles is 1. The number of carbonyl (C=O) groups excluding carboxylic acids is 1. The lowest BCUT2D eigenvalue weighted by Crippen LogP contribution is -2.24. The van der Waals surface area contributed by atoms with Crippen LogP contribution in [0.15, 0.2) is 42.9 Å². The fourth-order valence-electron chi connectivity index (χ4n) is 3.34. The van der Waals surface area contributed by atoms with E-state index in [1.54, 1.807) is 0 Å². The third kappa shape index (κ3) is 5.34. The van der Waals surface area contributed by atoms with Crippen LogP contribution in [0, 0.1) is 17.1 Å². The summed E-state index contributed by atoms with van der Waals surface area (Å²) in [7, 11) is -3.46. The van der Waals surface area contributed by atoms with Gasteiger partial charge in [0.05, 0.1) is 35.8 Å². The van der Waals surface area contributed by atoms with Crippen molar-refractivity contribution in [2.75, 3.05) is 5.32 Å². The Labute approximate surface area is 215 Å². The van der Waals surface area contributed by atoms with E-state index in [4.69, 9.17) is 22.8 Å². The number of rotatable bonds is 6. The first-order valence-electron chi connectivity index (χ1n) is 9.90. The third-order valence-corrected chi connectivity index (χ3v) is 6.52. The lowest BCUT2D eigenvalue weighted by molar-refractivity contribution is -0.144. The molecule has 3 aromatic heterocycles. The van der Waals surface area contributed by atoms with E-state index in [2.05, 4.69) is 25.6 Å². The maximum atomic E-state index is 14.1. The molecule has 17 heteroatoms. The molecule has 1 unspecified atom stereocenters. The van der Waals surface area contributed by atoms with Crippen LogP contribution in [0.5, 0.6) is 0 Å². The first-order chi connectivity index (χ1) is 17.5. The van der Waals surface area contributed by atoms with Crippen LogP contribution in [-0.4, -0.2) is 35.7 Å². The van der Waals surface area contributed by atoms with Crippen LogP contribution >= 0.6 is 30.0 Å². The minimum absolute atomic E-state index is 0.00720. The topological polar surface area (TPSA) is 131 Å². The van der Waals surface area contributed by atoms with Gasteiger partial charge in [-0.3, -0.25) is 9.48 Å². The van der Waals surface area contributed by atoms with Gasteiger partial charge in [-0.25, -0.2) is 9.37 Å². The molecule has 0 saturated carbocycles. The van der Waals surface area contributed by atoms with Gasteiger partial charge in [0, 0.05) is 0 Å². The number of halogens is 6. The fourth-order valence-corrected chi connectivity index (χ4v) is 4.55. The molecule has 0 aliphatic heterocycles. The van der Waals surface area contributed by atoms with Crippen molar-refractivity contribution in [3.8, 4) is 11.9 Å². The second-order valence-electron chi connectivity index (χ2n) is 7.19. The molecule has 3 heterocycles. The molecule has 1 aromatic carbocycles. The minimum Gasteiger partial charge on any atom is -0.320 e. The van der Waals surface area contributed by atoms with E-state index in [0.29, 0.717) is 4.68 Å². The molecule has 4 rings (SSSR count). The second-order valence-corrected chi connectivity index (χ2v) is 9.62. The third-order valence-electron chi connectivity index (χ3n) is 4.84. The van der Waals surface area contributed by atoms with Crippen molar-refractivity contribution in [1.29, 1.82) is 5.26 Å². The predicted octanol–water partition coefficient (Wildman–Crippen LogP) is 4.18. The van der Waals surface area contributed by atoms with Crippen LogP contribution in [0.25, 0.3) is 5.82 Å². The van der Waals surface area contributed by atoms with Crippen molar-refractivity contribution in [2.24, 2.45) is 0 Å². The van der Waals surface area contributed by atoms with Gasteiger partial charge in [0.1, 0.15) is 28.4 Å². The molecule has 0 aliphatic rings. The van der Waals surface area contributed by atoms with Crippen LogP contribution in [-0.2, 0) is 17.3 Å². The monoisotopic (exact) mass is 572 g/mol. The highest BCUT2D eigenvalue weighted by molar-refractivity contribution is 7.80. The van der Waals surface area contributed by atoms with E-state index < -0.39 is 53.3 Å². The molecule has 1 atom stereocenters. The zero-order valence-corrected chi connectivity index (χ0v) is 20.5. The number of carbonyl (C=O) groups is 1. The Kier molecular flexibility index (Phi) is 7.31. The van der Waals surface area contributed by atoms with E-state index in [0.717, 1.165) is 23.1 Å². The largest absolute Gasteiger partial charge is 0.433 e. The first kappa shape index (κ1) is 26.3. The summed E-state index contributed by atoms with van der Waals surface area (Å²) in [5.41, 5.74) is -3.83. The molecule has 1 amide bonds. The van der Waals surface area contributed by atoms with Gasteiger partial charge in [0.15, 0.2) is 11.5 Å². The average Bonchev–Trinajstić information content (AvgIpc) is 3.50. The number of hydrogen-bond acceptors (Lipinski definition) is 7. The van der Waals surface area contributed by atoms with Crippen LogP contribution in [0.1, 0.15) is 27.2 Å². The molecular formula is C20H11Cl2F4N8O2P. The standard InChI is InChI=1S/C20H11Cl2F4N8O2P/c21-15-10(2-1-3-13(15)23)9-33-16(20(24,25)26)14(19(32-33)37(22)36)18(35)31-12-6-11(7-27)17(28-8-12)34-29-4-5-30-34/h1-6,8,37H,9H2,(H,31,35). The van der Waals surface area contributed by atoms with Crippen LogP contribution < -0.4 is 10.8 Å². The van der Waals surface area contributed by atoms with Crippen LogP contribution in [0.4, 0.5) is 23.2 Å². The number of alkyl halides is 3. The number of nitrogens with one attached hydrogen (secondary N) is 1. The first-order valence-corrected chi connectivity index (χ1v) is 12.7. The summed E-state index contributed by atoms with van der Waals surface area (Å²) in [6.07, 6.45) is -1.44. The van der Waals surface area contributed by atoms with E-state index in [-0.39, 0.29) is 22.6 Å². The van der Waals surface area contributed by atoms with E-state index in [1.807, 2.05) is 6.07 Å². The second kappa shape index (κ2) is 10.3. The smallest absolute Gasteiger partial charge is 0.320 e. The highest BCUT2D eigenvalue weighted by atomic mass is 35.7. The molecular weight excluding hydrogens is 562 g/mol. The molecule has 0 fully saturated rings. The molecule has 4 aromatic rings. The van der Waals surface area contributed by atoms with Gasteiger partial charge in [-0.15, -0.1) is 4.80 Å². The van der Waals surface area contributed by atoms with E-state index in [9.17, 15) is 32.2 Å². The van der Waals surface area contributed by atoms with Gasteiger partial charge in [0.2, 0.25) is 7.15 Å². The highest BCUT2D eigenvalue weighted by Crippen LogP contribution is 2.37. The molecule has 0 saturated heterocycles. The predicted molar refractivity (Wildman–Crippen MR) is 124 cm³/mol. The Bertz CT molecular complexity index is 1570. The lowest BCUT2D eigenvalue weighted by atomic mass is 10.2. The summed E-state index contributed by atoms with van der Waals surface area (Å²) < 4.78 is 68.7. The zero-order chi connectivity index (χ0) is 26.9. The average molecular weight is 573 g/mol. The highest BCUT2D eigenvalue weighted by Gasteiger charge is 2.43. The number of pyridine rings is 1. The summed E-state index contributed by atoms with van der Waals surface area (Å²) in [4.78, 5) is 18.0. The summed E-state index contributed by atoms with van der Waals surface area (Å²) in [6, 6.07) is 6.47. The number of anilines is 1. The van der Waals surface area contributed by atoms with Crippen molar-refractivity contribution < 1.29 is 26.9 Å². The Morgan fingerprint density at radius 1 is 1.24 bits per heavy atom. The van der Waals surface area contributed by atoms with Crippen LogP contribution in [0.2, 0.25) is 5.02 Å². The Morgan fingerprint density at radius 3 is 2.57 bits per heavy atom. The number of aromatic nitrogens is 6. The zero-order valence-electron chi connectivity index (χ0n) is 18.0. The van der Waals surface area contributed by atoms with Gasteiger partial charge in [-0.05, 0) is 17.7 Å². The number of hydrogen-bond donors (Lipinski definition) is 1. The molecule has 0 spiro atoms. The molecule has 0 bridgehead atoms. The summed E-state index contributed by atoms with van der Waals surface area (Å²) in [5.74, 6) is -2.24. The van der Waals surface area contributed by atoms with Crippen molar-refractivity contribution in [3.63, 3.8) is 0 Å². The summed E-state index contributed by atoms with van der Waals surface area (Å²) in [6.45, 7) is -0.705. The van der Waals surface area contributed by atoms with Gasteiger partial charge in [-0.2, -0.15) is 33.7 Å². The fraction of sp³-hybridized carbons (Fsp3) is 0.100. The van der Waals surface area contributed by atoms with E-state index in [1.165, 1.54) is 24.5 Å². The normalized spacial score (nSPS) is 12.2. The van der Waals surface area contributed by atoms with Gasteiger partial charge < -0.3 is 9.88 Å². The number of benzene rings is 1. The molecule has 190 valence electrons. The molecule has 10 nitrogen and oxygen atoms in total. The van der Waals surface area contributed by atoms with E-state index >= 15 is 0 Å². The maximum Gasteiger partial charge on any atom is 0.433 e. The van der Waals surface area contributed by atoms with Gasteiger partial charge in [0.25, 0.3) is 5.91 Å².